The summed E-state index contributed by atoms with van der Waals surface area (Å²) >= 11 is 5.69. The fraction of sp³-hybridized carbons (Fsp3) is 0.0556. The van der Waals surface area contributed by atoms with E-state index in [9.17, 15) is 9.18 Å². The van der Waals surface area contributed by atoms with E-state index >= 15 is 0 Å². The first-order valence-electron chi connectivity index (χ1n) is 6.84. The molecular weight excluding hydrogens is 301 g/mol. The molecule has 110 valence electrons. The van der Waals surface area contributed by atoms with Gasteiger partial charge in [0.15, 0.2) is 0 Å². The zero-order valence-corrected chi connectivity index (χ0v) is 12.4. The van der Waals surface area contributed by atoms with E-state index in [-0.39, 0.29) is 18.0 Å². The van der Waals surface area contributed by atoms with Gasteiger partial charge in [0.1, 0.15) is 5.82 Å². The highest BCUT2D eigenvalue weighted by Gasteiger charge is 2.08. The number of nitrogens with one attached hydrogen (secondary N) is 1. The number of anilines is 1. The second-order valence-electron chi connectivity index (χ2n) is 5.03. The molecule has 1 amide bonds. The molecule has 0 spiro atoms. The number of halogens is 2. The van der Waals surface area contributed by atoms with Gasteiger partial charge in [-0.15, -0.1) is 0 Å². The molecule has 3 aromatic carbocycles. The molecule has 0 radical (unpaired) electrons. The zero-order chi connectivity index (χ0) is 15.5. The van der Waals surface area contributed by atoms with Gasteiger partial charge in [0, 0.05) is 5.02 Å². The van der Waals surface area contributed by atoms with Crippen LogP contribution >= 0.6 is 11.6 Å². The second kappa shape index (κ2) is 6.16. The average Bonchev–Trinajstić information content (AvgIpc) is 2.50. The van der Waals surface area contributed by atoms with E-state index in [0.717, 1.165) is 16.3 Å². The first-order valence-corrected chi connectivity index (χ1v) is 7.22. The zero-order valence-electron chi connectivity index (χ0n) is 11.6. The monoisotopic (exact) mass is 313 g/mol. The van der Waals surface area contributed by atoms with Gasteiger partial charge in [0.2, 0.25) is 5.91 Å². The molecule has 4 heteroatoms. The molecule has 0 atom stereocenters. The summed E-state index contributed by atoms with van der Waals surface area (Å²) in [5.74, 6) is -0.809. The van der Waals surface area contributed by atoms with Crippen LogP contribution in [0.4, 0.5) is 10.1 Å². The van der Waals surface area contributed by atoms with E-state index in [2.05, 4.69) is 5.32 Å². The van der Waals surface area contributed by atoms with Crippen molar-refractivity contribution < 1.29 is 9.18 Å². The van der Waals surface area contributed by atoms with Crippen LogP contribution in [-0.4, -0.2) is 5.91 Å². The average molecular weight is 314 g/mol. The first kappa shape index (κ1) is 14.5. The number of rotatable bonds is 3. The topological polar surface area (TPSA) is 29.1 Å². The van der Waals surface area contributed by atoms with Crippen molar-refractivity contribution in [1.29, 1.82) is 0 Å². The number of amides is 1. The van der Waals surface area contributed by atoms with Gasteiger partial charge in [-0.25, -0.2) is 4.39 Å². The third-order valence-corrected chi connectivity index (χ3v) is 3.62. The maximum absolute atomic E-state index is 13.7. The van der Waals surface area contributed by atoms with Crippen molar-refractivity contribution in [3.63, 3.8) is 0 Å². The van der Waals surface area contributed by atoms with Crippen molar-refractivity contribution in [2.75, 3.05) is 5.32 Å². The lowest BCUT2D eigenvalue weighted by molar-refractivity contribution is -0.115. The number of carbonyl (C=O) groups is 1. The van der Waals surface area contributed by atoms with Crippen LogP contribution in [0.1, 0.15) is 5.56 Å². The Morgan fingerprint density at radius 2 is 1.77 bits per heavy atom. The van der Waals surface area contributed by atoms with Gasteiger partial charge in [-0.3, -0.25) is 4.79 Å². The predicted octanol–water partition coefficient (Wildman–Crippen LogP) is 4.81. The van der Waals surface area contributed by atoms with Crippen molar-refractivity contribution in [1.82, 2.24) is 0 Å². The molecule has 0 aliphatic heterocycles. The Morgan fingerprint density at radius 3 is 2.55 bits per heavy atom. The minimum atomic E-state index is -0.542. The largest absolute Gasteiger partial charge is 0.323 e. The lowest BCUT2D eigenvalue weighted by Crippen LogP contribution is -2.15. The highest BCUT2D eigenvalue weighted by atomic mass is 35.5. The van der Waals surface area contributed by atoms with Crippen molar-refractivity contribution in [2.45, 2.75) is 6.42 Å². The fourth-order valence-electron chi connectivity index (χ4n) is 2.32. The Kier molecular flexibility index (Phi) is 4.07. The molecular formula is C18H13ClFNO. The summed E-state index contributed by atoms with van der Waals surface area (Å²) in [5, 5.41) is 5.05. The van der Waals surface area contributed by atoms with E-state index in [4.69, 9.17) is 11.6 Å². The molecule has 22 heavy (non-hydrogen) atoms. The normalized spacial score (nSPS) is 10.6. The minimum Gasteiger partial charge on any atom is -0.323 e. The van der Waals surface area contributed by atoms with Gasteiger partial charge < -0.3 is 5.32 Å². The SMILES string of the molecule is O=C(Cc1ccc2ccccc2c1)Nc1ccc(Cl)cc1F. The quantitative estimate of drug-likeness (QED) is 0.738. The van der Waals surface area contributed by atoms with Crippen molar-refractivity contribution in [3.8, 4) is 0 Å². The predicted molar refractivity (Wildman–Crippen MR) is 87.7 cm³/mol. The summed E-state index contributed by atoms with van der Waals surface area (Å²) in [6, 6.07) is 17.9. The van der Waals surface area contributed by atoms with Crippen LogP contribution in [0.2, 0.25) is 5.02 Å². The lowest BCUT2D eigenvalue weighted by atomic mass is 10.0. The van der Waals surface area contributed by atoms with Gasteiger partial charge in [-0.05, 0) is 34.5 Å². The molecule has 3 rings (SSSR count). The number of carbonyl (C=O) groups excluding carboxylic acids is 1. The molecule has 1 N–H and O–H groups in total. The van der Waals surface area contributed by atoms with E-state index in [1.165, 1.54) is 18.2 Å². The molecule has 0 aliphatic rings. The Labute approximate surface area is 132 Å². The van der Waals surface area contributed by atoms with Crippen LogP contribution in [0.15, 0.2) is 60.7 Å². The highest BCUT2D eigenvalue weighted by Crippen LogP contribution is 2.20. The van der Waals surface area contributed by atoms with Crippen LogP contribution in [0, 0.1) is 5.82 Å². The standard InChI is InChI=1S/C18H13ClFNO/c19-15-7-8-17(16(20)11-15)21-18(22)10-12-5-6-13-3-1-2-4-14(13)9-12/h1-9,11H,10H2,(H,21,22). The molecule has 0 bridgehead atoms. The second-order valence-corrected chi connectivity index (χ2v) is 5.47. The molecule has 3 aromatic rings. The summed E-state index contributed by atoms with van der Waals surface area (Å²) in [4.78, 5) is 12.0. The van der Waals surface area contributed by atoms with Crippen LogP contribution in [-0.2, 0) is 11.2 Å². The fourth-order valence-corrected chi connectivity index (χ4v) is 2.48. The van der Waals surface area contributed by atoms with Crippen LogP contribution in [0.3, 0.4) is 0 Å². The number of benzene rings is 3. The molecule has 0 saturated carbocycles. The number of hydrogen-bond donors (Lipinski definition) is 1. The molecule has 0 fully saturated rings. The van der Waals surface area contributed by atoms with E-state index in [0.29, 0.717) is 5.02 Å². The maximum Gasteiger partial charge on any atom is 0.228 e. The van der Waals surface area contributed by atoms with Crippen molar-refractivity contribution in [3.05, 3.63) is 77.1 Å². The van der Waals surface area contributed by atoms with E-state index in [1.807, 2.05) is 42.5 Å². The van der Waals surface area contributed by atoms with Crippen LogP contribution in [0.25, 0.3) is 10.8 Å². The van der Waals surface area contributed by atoms with E-state index < -0.39 is 5.82 Å². The van der Waals surface area contributed by atoms with Gasteiger partial charge in [-0.1, -0.05) is 54.1 Å². The molecule has 0 aliphatic carbocycles. The number of fused-ring (bicyclic) bond motifs is 1. The Morgan fingerprint density at radius 1 is 1.00 bits per heavy atom. The van der Waals surface area contributed by atoms with Crippen LogP contribution in [0.5, 0.6) is 0 Å². The van der Waals surface area contributed by atoms with Crippen molar-refractivity contribution >= 4 is 34.0 Å². The van der Waals surface area contributed by atoms with Crippen molar-refractivity contribution in [2.24, 2.45) is 0 Å². The Bertz CT molecular complexity index is 847. The van der Waals surface area contributed by atoms with E-state index in [1.54, 1.807) is 0 Å². The Balaban J connectivity index is 1.75. The molecule has 0 saturated heterocycles. The third kappa shape index (κ3) is 3.26. The molecule has 2 nitrogen and oxygen atoms in total. The van der Waals surface area contributed by atoms with Gasteiger partial charge in [0.25, 0.3) is 0 Å². The summed E-state index contributed by atoms with van der Waals surface area (Å²) < 4.78 is 13.7. The molecule has 0 unspecified atom stereocenters. The summed E-state index contributed by atoms with van der Waals surface area (Å²) in [5.41, 5.74) is 1.01. The first-order chi connectivity index (χ1) is 10.6. The lowest BCUT2D eigenvalue weighted by Gasteiger charge is -2.07. The highest BCUT2D eigenvalue weighted by molar-refractivity contribution is 6.30. The summed E-state index contributed by atoms with van der Waals surface area (Å²) in [7, 11) is 0. The van der Waals surface area contributed by atoms with Gasteiger partial charge in [0.05, 0.1) is 12.1 Å². The maximum atomic E-state index is 13.7. The smallest absolute Gasteiger partial charge is 0.228 e. The molecule has 0 aromatic heterocycles. The van der Waals surface area contributed by atoms with Gasteiger partial charge in [-0.2, -0.15) is 0 Å². The Hall–Kier alpha value is -2.39. The van der Waals surface area contributed by atoms with Crippen LogP contribution < -0.4 is 5.32 Å². The van der Waals surface area contributed by atoms with Gasteiger partial charge >= 0.3 is 0 Å². The molecule has 0 heterocycles. The number of hydrogen-bond acceptors (Lipinski definition) is 1. The summed E-state index contributed by atoms with van der Waals surface area (Å²) in [6.45, 7) is 0. The summed E-state index contributed by atoms with van der Waals surface area (Å²) in [6.07, 6.45) is 0.187. The minimum absolute atomic E-state index is 0.134. The third-order valence-electron chi connectivity index (χ3n) is 3.38.